The summed E-state index contributed by atoms with van der Waals surface area (Å²) in [6, 6.07) is 11.6. The van der Waals surface area contributed by atoms with E-state index in [1.54, 1.807) is 19.2 Å². The van der Waals surface area contributed by atoms with E-state index in [1.807, 2.05) is 0 Å². The number of halogens is 3. The maximum atomic E-state index is 15.0. The first-order valence-corrected chi connectivity index (χ1v) is 9.90. The van der Waals surface area contributed by atoms with Crippen LogP contribution in [0.1, 0.15) is 5.56 Å². The number of aromatic nitrogens is 1. The molecule has 0 saturated heterocycles. The highest BCUT2D eigenvalue weighted by molar-refractivity contribution is 9.10. The zero-order chi connectivity index (χ0) is 18.9. The molecule has 1 N–H and O–H groups in total. The van der Waals surface area contributed by atoms with Gasteiger partial charge in [-0.3, -0.25) is 0 Å². The zero-order valence-electron chi connectivity index (χ0n) is 13.7. The predicted molar refractivity (Wildman–Crippen MR) is 99.3 cm³/mol. The number of benzene rings is 2. The molecule has 0 bridgehead atoms. The largest absolute Gasteiger partial charge is 0.316 e. The highest BCUT2D eigenvalue weighted by Gasteiger charge is 2.27. The third-order valence-electron chi connectivity index (χ3n) is 3.83. The fourth-order valence-corrected chi connectivity index (χ4v) is 4.64. The van der Waals surface area contributed by atoms with Crippen molar-refractivity contribution in [3.63, 3.8) is 0 Å². The Morgan fingerprint density at radius 1 is 1.12 bits per heavy atom. The third-order valence-corrected chi connectivity index (χ3v) is 5.98. The van der Waals surface area contributed by atoms with Gasteiger partial charge in [-0.2, -0.15) is 0 Å². The Hall–Kier alpha value is -2.03. The molecular formula is C18H15BrF2N2O2S. The third kappa shape index (κ3) is 3.32. The summed E-state index contributed by atoms with van der Waals surface area (Å²) in [5.74, 6) is -1.48. The van der Waals surface area contributed by atoms with E-state index in [0.717, 1.165) is 10.0 Å². The molecule has 0 aliphatic carbocycles. The normalized spacial score (nSPS) is 11.7. The van der Waals surface area contributed by atoms with Crippen LogP contribution in [-0.2, 0) is 16.6 Å². The lowest BCUT2D eigenvalue weighted by Crippen LogP contribution is -2.14. The molecule has 8 heteroatoms. The van der Waals surface area contributed by atoms with Crippen molar-refractivity contribution in [2.24, 2.45) is 0 Å². The molecule has 0 fully saturated rings. The van der Waals surface area contributed by atoms with Gasteiger partial charge in [0.15, 0.2) is 5.82 Å². The lowest BCUT2D eigenvalue weighted by Gasteiger charge is -2.11. The molecular weight excluding hydrogens is 426 g/mol. The van der Waals surface area contributed by atoms with Crippen LogP contribution in [0.15, 0.2) is 64.1 Å². The Labute approximate surface area is 158 Å². The van der Waals surface area contributed by atoms with E-state index in [9.17, 15) is 17.2 Å². The van der Waals surface area contributed by atoms with Gasteiger partial charge in [-0.15, -0.1) is 0 Å². The lowest BCUT2D eigenvalue weighted by atomic mass is 10.1. The molecule has 0 radical (unpaired) electrons. The van der Waals surface area contributed by atoms with Crippen molar-refractivity contribution in [1.82, 2.24) is 9.29 Å². The molecule has 0 spiro atoms. The van der Waals surface area contributed by atoms with Crippen LogP contribution in [0.4, 0.5) is 8.78 Å². The number of nitrogens with zero attached hydrogens (tertiary/aromatic N) is 1. The Morgan fingerprint density at radius 3 is 2.50 bits per heavy atom. The summed E-state index contributed by atoms with van der Waals surface area (Å²) in [6.45, 7) is 0.105. The molecule has 0 aliphatic rings. The van der Waals surface area contributed by atoms with E-state index in [2.05, 4.69) is 21.2 Å². The van der Waals surface area contributed by atoms with Gasteiger partial charge in [-0.1, -0.05) is 34.1 Å². The number of hydrogen-bond acceptors (Lipinski definition) is 3. The summed E-state index contributed by atoms with van der Waals surface area (Å²) in [5.41, 5.74) is -0.316. The molecule has 0 unspecified atom stereocenters. The Kier molecular flexibility index (Phi) is 5.27. The average molecular weight is 441 g/mol. The maximum absolute atomic E-state index is 15.0. The van der Waals surface area contributed by atoms with Crippen molar-refractivity contribution in [2.45, 2.75) is 11.4 Å². The van der Waals surface area contributed by atoms with Crippen molar-refractivity contribution in [1.29, 1.82) is 0 Å². The summed E-state index contributed by atoms with van der Waals surface area (Å²) < 4.78 is 56.8. The fraction of sp³-hybridized carbons (Fsp3) is 0.111. The Morgan fingerprint density at radius 2 is 1.85 bits per heavy atom. The monoisotopic (exact) mass is 440 g/mol. The van der Waals surface area contributed by atoms with Crippen molar-refractivity contribution in [3.05, 3.63) is 76.4 Å². The predicted octanol–water partition coefficient (Wildman–Crippen LogP) is 4.15. The SMILES string of the molecule is CNCc1cn(S(=O)(=O)c2cccc(Br)c2)c(-c2ccccc2F)c1F. The van der Waals surface area contributed by atoms with Crippen molar-refractivity contribution in [3.8, 4) is 11.3 Å². The highest BCUT2D eigenvalue weighted by atomic mass is 79.9. The molecule has 4 nitrogen and oxygen atoms in total. The van der Waals surface area contributed by atoms with Gasteiger partial charge in [0, 0.05) is 28.3 Å². The quantitative estimate of drug-likeness (QED) is 0.648. The van der Waals surface area contributed by atoms with Gasteiger partial charge in [0.1, 0.15) is 11.5 Å². The maximum Gasteiger partial charge on any atom is 0.268 e. The lowest BCUT2D eigenvalue weighted by molar-refractivity contribution is 0.583. The first kappa shape index (κ1) is 18.8. The smallest absolute Gasteiger partial charge is 0.268 e. The van der Waals surface area contributed by atoms with E-state index in [4.69, 9.17) is 0 Å². The van der Waals surface area contributed by atoms with Crippen LogP contribution in [0, 0.1) is 11.6 Å². The molecule has 0 saturated carbocycles. The molecule has 1 aromatic heterocycles. The summed E-state index contributed by atoms with van der Waals surface area (Å²) >= 11 is 3.23. The van der Waals surface area contributed by atoms with Crippen LogP contribution in [-0.4, -0.2) is 19.4 Å². The van der Waals surface area contributed by atoms with E-state index < -0.39 is 21.7 Å². The average Bonchev–Trinajstić information content (AvgIpc) is 2.93. The van der Waals surface area contributed by atoms with E-state index >= 15 is 0 Å². The molecule has 3 aromatic rings. The number of nitrogens with one attached hydrogen (secondary N) is 1. The topological polar surface area (TPSA) is 51.1 Å². The standard InChI is InChI=1S/C18H15BrF2N2O2S/c1-22-10-12-11-23(26(24,25)14-6-4-5-13(19)9-14)18(17(12)21)15-7-2-3-8-16(15)20/h2-9,11,22H,10H2,1H3. The molecule has 136 valence electrons. The number of rotatable bonds is 5. The Bertz CT molecular complexity index is 1060. The molecule has 26 heavy (non-hydrogen) atoms. The Balaban J connectivity index is 2.31. The summed E-state index contributed by atoms with van der Waals surface area (Å²) in [7, 11) is -2.51. The minimum Gasteiger partial charge on any atom is -0.316 e. The summed E-state index contributed by atoms with van der Waals surface area (Å²) in [6.07, 6.45) is 1.18. The van der Waals surface area contributed by atoms with Crippen molar-refractivity contribution < 1.29 is 17.2 Å². The molecule has 0 aliphatic heterocycles. The van der Waals surface area contributed by atoms with Gasteiger partial charge in [0.2, 0.25) is 0 Å². The summed E-state index contributed by atoms with van der Waals surface area (Å²) in [5, 5.41) is 2.78. The second-order valence-corrected chi connectivity index (χ2v) is 8.32. The van der Waals surface area contributed by atoms with Crippen molar-refractivity contribution >= 4 is 26.0 Å². The first-order valence-electron chi connectivity index (χ1n) is 7.66. The summed E-state index contributed by atoms with van der Waals surface area (Å²) in [4.78, 5) is -0.0320. The molecule has 3 rings (SSSR count). The second-order valence-electron chi connectivity index (χ2n) is 5.59. The van der Waals surface area contributed by atoms with Gasteiger partial charge >= 0.3 is 0 Å². The van der Waals surface area contributed by atoms with E-state index in [0.29, 0.717) is 4.47 Å². The van der Waals surface area contributed by atoms with Crippen molar-refractivity contribution in [2.75, 3.05) is 7.05 Å². The van der Waals surface area contributed by atoms with Crippen LogP contribution in [0.2, 0.25) is 0 Å². The molecule has 2 aromatic carbocycles. The molecule has 0 atom stereocenters. The minimum absolute atomic E-state index is 0.0320. The highest BCUT2D eigenvalue weighted by Crippen LogP contribution is 2.32. The van der Waals surface area contributed by atoms with Gasteiger partial charge in [0.05, 0.1) is 4.90 Å². The first-order chi connectivity index (χ1) is 12.4. The number of hydrogen-bond donors (Lipinski definition) is 1. The van der Waals surface area contributed by atoms with Crippen LogP contribution in [0.25, 0.3) is 11.3 Å². The van der Waals surface area contributed by atoms with E-state index in [-0.39, 0.29) is 28.3 Å². The van der Waals surface area contributed by atoms with Gasteiger partial charge < -0.3 is 5.32 Å². The molecule has 1 heterocycles. The van der Waals surface area contributed by atoms with Gasteiger partial charge in [0.25, 0.3) is 10.0 Å². The van der Waals surface area contributed by atoms with Crippen LogP contribution in [0.3, 0.4) is 0 Å². The van der Waals surface area contributed by atoms with Crippen LogP contribution in [0.5, 0.6) is 0 Å². The second kappa shape index (κ2) is 7.30. The van der Waals surface area contributed by atoms with Gasteiger partial charge in [-0.25, -0.2) is 21.2 Å². The molecule has 0 amide bonds. The fourth-order valence-electron chi connectivity index (χ4n) is 2.65. The minimum atomic E-state index is -4.12. The van der Waals surface area contributed by atoms with Crippen LogP contribution >= 0.6 is 15.9 Å². The van der Waals surface area contributed by atoms with E-state index in [1.165, 1.54) is 36.5 Å². The van der Waals surface area contributed by atoms with Gasteiger partial charge in [-0.05, 0) is 37.4 Å². The van der Waals surface area contributed by atoms with Crippen LogP contribution < -0.4 is 5.32 Å². The zero-order valence-corrected chi connectivity index (χ0v) is 16.1.